The lowest BCUT2D eigenvalue weighted by molar-refractivity contribution is -0.115. The highest BCUT2D eigenvalue weighted by Crippen LogP contribution is 2.38. The fourth-order valence-corrected chi connectivity index (χ4v) is 6.45. The fourth-order valence-electron chi connectivity index (χ4n) is 4.24. The summed E-state index contributed by atoms with van der Waals surface area (Å²) >= 11 is 2.92. The number of fused-ring (bicyclic) bond motifs is 2. The molecular formula is C24H27N3O2S2. The molecule has 0 radical (unpaired) electrons. The number of benzene rings is 1. The maximum Gasteiger partial charge on any atom is 0.251 e. The number of rotatable bonds is 5. The minimum atomic E-state index is -0.465. The third-order valence-corrected chi connectivity index (χ3v) is 7.98. The summed E-state index contributed by atoms with van der Waals surface area (Å²) in [4.78, 5) is 31.0. The number of hydrogen-bond acceptors (Lipinski definition) is 5. The van der Waals surface area contributed by atoms with Gasteiger partial charge in [0.2, 0.25) is 5.91 Å². The number of amides is 2. The van der Waals surface area contributed by atoms with Crippen molar-refractivity contribution in [3.8, 4) is 0 Å². The number of aromatic nitrogens is 1. The minimum absolute atomic E-state index is 0.147. The second kappa shape index (κ2) is 8.63. The highest BCUT2D eigenvalue weighted by Gasteiger charge is 2.26. The van der Waals surface area contributed by atoms with Crippen molar-refractivity contribution in [2.24, 2.45) is 5.73 Å². The van der Waals surface area contributed by atoms with Gasteiger partial charge in [-0.2, -0.15) is 0 Å². The molecule has 1 unspecified atom stereocenters. The van der Waals surface area contributed by atoms with Crippen LogP contribution in [-0.2, 0) is 17.6 Å². The first-order chi connectivity index (χ1) is 14.7. The number of nitrogens with zero attached hydrogens (tertiary/aromatic N) is 1. The summed E-state index contributed by atoms with van der Waals surface area (Å²) in [6, 6.07) is 6.32. The summed E-state index contributed by atoms with van der Waals surface area (Å²) in [5, 5.41) is 5.16. The molecule has 4 rings (SSSR count). The molecule has 2 amide bonds. The molecule has 3 aromatic rings. The Balaban J connectivity index is 1.56. The molecule has 0 saturated carbocycles. The minimum Gasteiger partial charge on any atom is -0.365 e. The Morgan fingerprint density at radius 2 is 1.87 bits per heavy atom. The molecule has 0 saturated heterocycles. The number of nitrogens with two attached hydrogens (primary N) is 1. The summed E-state index contributed by atoms with van der Waals surface area (Å²) in [5.74, 6) is -0.612. The van der Waals surface area contributed by atoms with Gasteiger partial charge in [0.25, 0.3) is 5.91 Å². The molecule has 0 aliphatic heterocycles. The SMILES string of the molecule is Cc1cc(C)c2nc(SC(C)C(=O)Nc3sc4c(c3C(N)=O)CCCC4)cc(C)c2c1. The fraction of sp³-hybridized carbons (Fsp3) is 0.375. The monoisotopic (exact) mass is 453 g/mol. The first-order valence-corrected chi connectivity index (χ1v) is 12.2. The van der Waals surface area contributed by atoms with E-state index in [9.17, 15) is 9.59 Å². The van der Waals surface area contributed by atoms with Gasteiger partial charge in [-0.1, -0.05) is 23.4 Å². The van der Waals surface area contributed by atoms with Crippen LogP contribution in [0.4, 0.5) is 5.00 Å². The molecule has 2 heterocycles. The topological polar surface area (TPSA) is 85.1 Å². The van der Waals surface area contributed by atoms with Crippen LogP contribution in [0.15, 0.2) is 23.2 Å². The predicted molar refractivity (Wildman–Crippen MR) is 129 cm³/mol. The van der Waals surface area contributed by atoms with Gasteiger partial charge >= 0.3 is 0 Å². The van der Waals surface area contributed by atoms with Gasteiger partial charge in [-0.25, -0.2) is 4.98 Å². The third kappa shape index (κ3) is 4.34. The molecule has 0 spiro atoms. The van der Waals surface area contributed by atoms with Gasteiger partial charge in [-0.3, -0.25) is 9.59 Å². The molecule has 1 atom stereocenters. The standard InChI is InChI=1S/C24H27N3O2S2/c1-12-9-14(3)21-17(10-12)13(2)11-19(26-21)30-15(4)23(29)27-24-20(22(25)28)16-7-5-6-8-18(16)31-24/h9-11,15H,5-8H2,1-4H3,(H2,25,28)(H,27,29). The van der Waals surface area contributed by atoms with E-state index in [2.05, 4.69) is 38.2 Å². The molecule has 1 aliphatic carbocycles. The number of carbonyl (C=O) groups excluding carboxylic acids is 2. The van der Waals surface area contributed by atoms with E-state index >= 15 is 0 Å². The van der Waals surface area contributed by atoms with E-state index in [-0.39, 0.29) is 11.2 Å². The Hall–Kier alpha value is -2.38. The molecule has 1 aromatic carbocycles. The number of anilines is 1. The highest BCUT2D eigenvalue weighted by atomic mass is 32.2. The van der Waals surface area contributed by atoms with E-state index in [1.807, 2.05) is 13.0 Å². The van der Waals surface area contributed by atoms with Gasteiger partial charge in [0.1, 0.15) is 5.00 Å². The molecule has 0 fully saturated rings. The van der Waals surface area contributed by atoms with Gasteiger partial charge in [0.05, 0.1) is 21.4 Å². The van der Waals surface area contributed by atoms with E-state index in [1.54, 1.807) is 0 Å². The van der Waals surface area contributed by atoms with E-state index in [0.29, 0.717) is 10.6 Å². The van der Waals surface area contributed by atoms with Gasteiger partial charge in [0, 0.05) is 10.3 Å². The van der Waals surface area contributed by atoms with E-state index in [4.69, 9.17) is 10.7 Å². The third-order valence-electron chi connectivity index (χ3n) is 5.75. The first kappa shape index (κ1) is 21.8. The molecule has 162 valence electrons. The lowest BCUT2D eigenvalue weighted by Crippen LogP contribution is -2.24. The van der Waals surface area contributed by atoms with E-state index < -0.39 is 5.91 Å². The number of thiophene rings is 1. The van der Waals surface area contributed by atoms with Crippen LogP contribution in [0, 0.1) is 20.8 Å². The Morgan fingerprint density at radius 3 is 2.61 bits per heavy atom. The summed E-state index contributed by atoms with van der Waals surface area (Å²) in [6.07, 6.45) is 3.95. The maximum absolute atomic E-state index is 13.0. The van der Waals surface area contributed by atoms with Crippen molar-refractivity contribution in [1.82, 2.24) is 4.98 Å². The van der Waals surface area contributed by atoms with Crippen LogP contribution in [0.1, 0.15) is 57.3 Å². The molecule has 1 aliphatic rings. The zero-order valence-corrected chi connectivity index (χ0v) is 19.9. The van der Waals surface area contributed by atoms with Crippen LogP contribution in [0.25, 0.3) is 10.9 Å². The van der Waals surface area contributed by atoms with Crippen molar-refractivity contribution in [2.45, 2.75) is 63.7 Å². The Bertz CT molecular complexity index is 1200. The van der Waals surface area contributed by atoms with Gasteiger partial charge < -0.3 is 11.1 Å². The molecule has 7 heteroatoms. The number of primary amides is 1. The number of aryl methyl sites for hydroxylation is 4. The number of thioether (sulfide) groups is 1. The second-order valence-electron chi connectivity index (χ2n) is 8.28. The van der Waals surface area contributed by atoms with Crippen molar-refractivity contribution in [3.63, 3.8) is 0 Å². The van der Waals surface area contributed by atoms with Crippen LogP contribution in [-0.4, -0.2) is 22.0 Å². The Labute approximate surface area is 190 Å². The average Bonchev–Trinajstić information content (AvgIpc) is 3.07. The van der Waals surface area contributed by atoms with Crippen LogP contribution >= 0.6 is 23.1 Å². The maximum atomic E-state index is 13.0. The van der Waals surface area contributed by atoms with Crippen LogP contribution in [0.5, 0.6) is 0 Å². The zero-order chi connectivity index (χ0) is 22.3. The average molecular weight is 454 g/mol. The quantitative estimate of drug-likeness (QED) is 0.512. The smallest absolute Gasteiger partial charge is 0.251 e. The van der Waals surface area contributed by atoms with Crippen LogP contribution in [0.2, 0.25) is 0 Å². The molecule has 31 heavy (non-hydrogen) atoms. The van der Waals surface area contributed by atoms with E-state index in [1.165, 1.54) is 33.5 Å². The van der Waals surface area contributed by atoms with Crippen molar-refractivity contribution in [2.75, 3.05) is 5.32 Å². The molecule has 2 aromatic heterocycles. The number of hydrogen-bond donors (Lipinski definition) is 2. The number of pyridine rings is 1. The Kier molecular flexibility index (Phi) is 6.08. The summed E-state index contributed by atoms with van der Waals surface area (Å²) in [5.41, 5.74) is 11.6. The molecular weight excluding hydrogens is 426 g/mol. The first-order valence-electron chi connectivity index (χ1n) is 10.5. The zero-order valence-electron chi connectivity index (χ0n) is 18.3. The lowest BCUT2D eigenvalue weighted by atomic mass is 9.95. The molecule has 3 N–H and O–H groups in total. The number of nitrogens with one attached hydrogen (secondary N) is 1. The predicted octanol–water partition coefficient (Wildman–Crippen LogP) is 5.32. The second-order valence-corrected chi connectivity index (χ2v) is 10.8. The normalized spacial score (nSPS) is 14.3. The Morgan fingerprint density at radius 1 is 1.13 bits per heavy atom. The molecule has 5 nitrogen and oxygen atoms in total. The van der Waals surface area contributed by atoms with Crippen LogP contribution in [0.3, 0.4) is 0 Å². The number of carbonyl (C=O) groups is 2. The molecule has 0 bridgehead atoms. The van der Waals surface area contributed by atoms with Crippen molar-refractivity contribution in [3.05, 3.63) is 50.9 Å². The highest BCUT2D eigenvalue weighted by molar-refractivity contribution is 8.00. The lowest BCUT2D eigenvalue weighted by Gasteiger charge is -2.14. The van der Waals surface area contributed by atoms with Crippen molar-refractivity contribution in [1.29, 1.82) is 0 Å². The van der Waals surface area contributed by atoms with Gasteiger partial charge in [0.15, 0.2) is 0 Å². The summed E-state index contributed by atoms with van der Waals surface area (Å²) in [7, 11) is 0. The van der Waals surface area contributed by atoms with Gasteiger partial charge in [-0.05, 0) is 82.2 Å². The van der Waals surface area contributed by atoms with Crippen LogP contribution < -0.4 is 11.1 Å². The van der Waals surface area contributed by atoms with Crippen molar-refractivity contribution >= 4 is 50.8 Å². The summed E-state index contributed by atoms with van der Waals surface area (Å²) < 4.78 is 0. The van der Waals surface area contributed by atoms with Gasteiger partial charge in [-0.15, -0.1) is 11.3 Å². The summed E-state index contributed by atoms with van der Waals surface area (Å²) in [6.45, 7) is 8.09. The van der Waals surface area contributed by atoms with Crippen molar-refractivity contribution < 1.29 is 9.59 Å². The largest absolute Gasteiger partial charge is 0.365 e. The van der Waals surface area contributed by atoms with E-state index in [0.717, 1.165) is 58.3 Å².